The number of nitrogens with zero attached hydrogens (tertiary/aromatic N) is 2. The second kappa shape index (κ2) is 6.26. The van der Waals surface area contributed by atoms with Gasteiger partial charge < -0.3 is 5.32 Å². The predicted octanol–water partition coefficient (Wildman–Crippen LogP) is 2.68. The van der Waals surface area contributed by atoms with E-state index in [1.54, 1.807) is 6.20 Å². The Morgan fingerprint density at radius 3 is 2.78 bits per heavy atom. The SMILES string of the molecule is CCNC(Cc1cccc(C)c1)c1ccnnc1. The van der Waals surface area contributed by atoms with Crippen LogP contribution in [-0.4, -0.2) is 16.7 Å². The van der Waals surface area contributed by atoms with E-state index in [-0.39, 0.29) is 0 Å². The first-order chi connectivity index (χ1) is 8.79. The third-order valence-electron chi connectivity index (χ3n) is 2.98. The van der Waals surface area contributed by atoms with E-state index in [2.05, 4.69) is 53.6 Å². The van der Waals surface area contributed by atoms with E-state index in [1.807, 2.05) is 12.3 Å². The summed E-state index contributed by atoms with van der Waals surface area (Å²) in [5, 5.41) is 11.3. The zero-order valence-electron chi connectivity index (χ0n) is 10.9. The third kappa shape index (κ3) is 3.37. The van der Waals surface area contributed by atoms with Crippen molar-refractivity contribution in [1.29, 1.82) is 0 Å². The molecular weight excluding hydrogens is 222 g/mol. The van der Waals surface area contributed by atoms with Crippen LogP contribution in [0.15, 0.2) is 42.7 Å². The first-order valence-corrected chi connectivity index (χ1v) is 6.35. The molecule has 0 aliphatic heterocycles. The van der Waals surface area contributed by atoms with Gasteiger partial charge >= 0.3 is 0 Å². The standard InChI is InChI=1S/C15H19N3/c1-3-16-15(14-7-8-17-18-11-14)10-13-6-4-5-12(2)9-13/h4-9,11,15-16H,3,10H2,1-2H3. The van der Waals surface area contributed by atoms with Gasteiger partial charge in [-0.25, -0.2) is 0 Å². The molecule has 2 aromatic rings. The van der Waals surface area contributed by atoms with Crippen molar-refractivity contribution in [3.8, 4) is 0 Å². The zero-order valence-corrected chi connectivity index (χ0v) is 10.9. The number of hydrogen-bond acceptors (Lipinski definition) is 3. The lowest BCUT2D eigenvalue weighted by Gasteiger charge is -2.18. The highest BCUT2D eigenvalue weighted by Crippen LogP contribution is 2.17. The van der Waals surface area contributed by atoms with Crippen molar-refractivity contribution in [1.82, 2.24) is 15.5 Å². The van der Waals surface area contributed by atoms with Crippen molar-refractivity contribution in [2.75, 3.05) is 6.54 Å². The van der Waals surface area contributed by atoms with Gasteiger partial charge in [-0.1, -0.05) is 36.8 Å². The van der Waals surface area contributed by atoms with Crippen LogP contribution < -0.4 is 5.32 Å². The molecule has 0 saturated carbocycles. The Kier molecular flexibility index (Phi) is 4.42. The Morgan fingerprint density at radius 1 is 1.22 bits per heavy atom. The summed E-state index contributed by atoms with van der Waals surface area (Å²) in [7, 11) is 0. The first kappa shape index (κ1) is 12.7. The Morgan fingerprint density at radius 2 is 2.11 bits per heavy atom. The fraction of sp³-hybridized carbons (Fsp3) is 0.333. The van der Waals surface area contributed by atoms with E-state index >= 15 is 0 Å². The number of hydrogen-bond donors (Lipinski definition) is 1. The van der Waals surface area contributed by atoms with Crippen LogP contribution in [-0.2, 0) is 6.42 Å². The van der Waals surface area contributed by atoms with Gasteiger partial charge in [-0.3, -0.25) is 0 Å². The second-order valence-electron chi connectivity index (χ2n) is 4.48. The fourth-order valence-electron chi connectivity index (χ4n) is 2.14. The van der Waals surface area contributed by atoms with Crippen LogP contribution in [0.4, 0.5) is 0 Å². The molecule has 1 aromatic heterocycles. The molecule has 18 heavy (non-hydrogen) atoms. The lowest BCUT2D eigenvalue weighted by Crippen LogP contribution is -2.23. The molecular formula is C15H19N3. The van der Waals surface area contributed by atoms with Gasteiger partial charge in [-0.15, -0.1) is 0 Å². The van der Waals surface area contributed by atoms with E-state index < -0.39 is 0 Å². The molecule has 1 N–H and O–H groups in total. The van der Waals surface area contributed by atoms with Crippen LogP contribution >= 0.6 is 0 Å². The predicted molar refractivity (Wildman–Crippen MR) is 73.3 cm³/mol. The monoisotopic (exact) mass is 241 g/mol. The van der Waals surface area contributed by atoms with Gasteiger partial charge in [0.1, 0.15) is 0 Å². The molecule has 0 saturated heterocycles. The third-order valence-corrected chi connectivity index (χ3v) is 2.98. The number of aromatic nitrogens is 2. The van der Waals surface area contributed by atoms with Gasteiger partial charge in [0.15, 0.2) is 0 Å². The van der Waals surface area contributed by atoms with Crippen molar-refractivity contribution in [3.05, 3.63) is 59.4 Å². The molecule has 2 rings (SSSR count). The van der Waals surface area contributed by atoms with Crippen LogP contribution in [0.2, 0.25) is 0 Å². The molecule has 0 spiro atoms. The Bertz CT molecular complexity index is 482. The topological polar surface area (TPSA) is 37.8 Å². The van der Waals surface area contributed by atoms with Crippen LogP contribution in [0.25, 0.3) is 0 Å². The summed E-state index contributed by atoms with van der Waals surface area (Å²) in [5.74, 6) is 0. The normalized spacial score (nSPS) is 12.3. The van der Waals surface area contributed by atoms with E-state index in [0.717, 1.165) is 13.0 Å². The largest absolute Gasteiger partial charge is 0.310 e. The molecule has 0 amide bonds. The quantitative estimate of drug-likeness (QED) is 0.874. The minimum absolute atomic E-state index is 0.298. The minimum Gasteiger partial charge on any atom is -0.310 e. The molecule has 0 bridgehead atoms. The molecule has 3 nitrogen and oxygen atoms in total. The molecule has 1 atom stereocenters. The molecule has 1 aromatic carbocycles. The van der Waals surface area contributed by atoms with Crippen molar-refractivity contribution in [3.63, 3.8) is 0 Å². The molecule has 1 unspecified atom stereocenters. The smallest absolute Gasteiger partial charge is 0.0544 e. The van der Waals surface area contributed by atoms with E-state index in [1.165, 1.54) is 16.7 Å². The fourth-order valence-corrected chi connectivity index (χ4v) is 2.14. The summed E-state index contributed by atoms with van der Waals surface area (Å²) >= 11 is 0. The summed E-state index contributed by atoms with van der Waals surface area (Å²) in [4.78, 5) is 0. The molecule has 0 radical (unpaired) electrons. The number of rotatable bonds is 5. The van der Waals surface area contributed by atoms with E-state index in [4.69, 9.17) is 0 Å². The molecule has 0 fully saturated rings. The summed E-state index contributed by atoms with van der Waals surface area (Å²) in [6, 6.07) is 11.0. The van der Waals surface area contributed by atoms with E-state index in [0.29, 0.717) is 6.04 Å². The van der Waals surface area contributed by atoms with Gasteiger partial charge in [-0.05, 0) is 37.1 Å². The van der Waals surface area contributed by atoms with Gasteiger partial charge in [0.2, 0.25) is 0 Å². The van der Waals surface area contributed by atoms with Crippen LogP contribution in [0, 0.1) is 6.92 Å². The van der Waals surface area contributed by atoms with Crippen molar-refractivity contribution < 1.29 is 0 Å². The van der Waals surface area contributed by atoms with Gasteiger partial charge in [0, 0.05) is 12.2 Å². The van der Waals surface area contributed by atoms with Gasteiger partial charge in [0.05, 0.1) is 6.20 Å². The van der Waals surface area contributed by atoms with Crippen molar-refractivity contribution >= 4 is 0 Å². The summed E-state index contributed by atoms with van der Waals surface area (Å²) in [6.45, 7) is 5.19. The highest BCUT2D eigenvalue weighted by molar-refractivity contribution is 5.25. The van der Waals surface area contributed by atoms with Crippen LogP contribution in [0.1, 0.15) is 29.7 Å². The molecule has 3 heteroatoms. The number of aryl methyl sites for hydroxylation is 1. The lowest BCUT2D eigenvalue weighted by molar-refractivity contribution is 0.546. The molecule has 94 valence electrons. The Balaban J connectivity index is 2.16. The highest BCUT2D eigenvalue weighted by atomic mass is 15.1. The van der Waals surface area contributed by atoms with Crippen molar-refractivity contribution in [2.24, 2.45) is 0 Å². The maximum atomic E-state index is 3.96. The summed E-state index contributed by atoms with van der Waals surface area (Å²) in [6.07, 6.45) is 4.56. The number of likely N-dealkylation sites (N-methyl/N-ethyl adjacent to an activating group) is 1. The summed E-state index contributed by atoms with van der Waals surface area (Å²) in [5.41, 5.74) is 3.83. The minimum atomic E-state index is 0.298. The van der Waals surface area contributed by atoms with E-state index in [9.17, 15) is 0 Å². The summed E-state index contributed by atoms with van der Waals surface area (Å²) < 4.78 is 0. The number of benzene rings is 1. The van der Waals surface area contributed by atoms with Crippen LogP contribution in [0.3, 0.4) is 0 Å². The highest BCUT2D eigenvalue weighted by Gasteiger charge is 2.11. The van der Waals surface area contributed by atoms with Crippen LogP contribution in [0.5, 0.6) is 0 Å². The average molecular weight is 241 g/mol. The zero-order chi connectivity index (χ0) is 12.8. The first-order valence-electron chi connectivity index (χ1n) is 6.35. The molecule has 1 heterocycles. The lowest BCUT2D eigenvalue weighted by atomic mass is 9.99. The Labute approximate surface area is 108 Å². The molecule has 0 aliphatic carbocycles. The number of nitrogens with one attached hydrogen (secondary N) is 1. The van der Waals surface area contributed by atoms with Crippen molar-refractivity contribution in [2.45, 2.75) is 26.3 Å². The van der Waals surface area contributed by atoms with Gasteiger partial charge in [-0.2, -0.15) is 10.2 Å². The Hall–Kier alpha value is -1.74. The average Bonchev–Trinajstić information content (AvgIpc) is 2.39. The molecule has 0 aliphatic rings. The maximum absolute atomic E-state index is 3.96. The maximum Gasteiger partial charge on any atom is 0.0544 e. The second-order valence-corrected chi connectivity index (χ2v) is 4.48. The van der Waals surface area contributed by atoms with Gasteiger partial charge in [0.25, 0.3) is 0 Å².